The molecule has 0 aromatic heterocycles. The van der Waals surface area contributed by atoms with Crippen molar-refractivity contribution in [3.8, 4) is 0 Å². The van der Waals surface area contributed by atoms with Gasteiger partial charge in [0.05, 0.1) is 18.8 Å². The summed E-state index contributed by atoms with van der Waals surface area (Å²) in [6, 6.07) is 8.17. The van der Waals surface area contributed by atoms with Gasteiger partial charge in [-0.05, 0) is 31.0 Å². The van der Waals surface area contributed by atoms with E-state index in [1.807, 2.05) is 26.2 Å². The van der Waals surface area contributed by atoms with Gasteiger partial charge in [0.25, 0.3) is 0 Å². The van der Waals surface area contributed by atoms with Gasteiger partial charge in [0.2, 0.25) is 0 Å². The molecule has 4 heteroatoms. The van der Waals surface area contributed by atoms with Gasteiger partial charge in [0, 0.05) is 32.0 Å². The van der Waals surface area contributed by atoms with Gasteiger partial charge in [-0.1, -0.05) is 25.3 Å². The van der Waals surface area contributed by atoms with E-state index in [1.165, 1.54) is 19.3 Å². The number of nitrogens with zero attached hydrogens (tertiary/aromatic N) is 1. The van der Waals surface area contributed by atoms with Crippen LogP contribution in [0.4, 0.5) is 11.4 Å². The van der Waals surface area contributed by atoms with E-state index in [0.717, 1.165) is 24.2 Å². The van der Waals surface area contributed by atoms with E-state index in [9.17, 15) is 5.11 Å². The van der Waals surface area contributed by atoms with E-state index in [2.05, 4.69) is 22.3 Å². The number of anilines is 2. The van der Waals surface area contributed by atoms with Gasteiger partial charge < -0.3 is 20.1 Å². The van der Waals surface area contributed by atoms with Gasteiger partial charge >= 0.3 is 0 Å². The van der Waals surface area contributed by atoms with Gasteiger partial charge in [-0.3, -0.25) is 0 Å². The predicted molar refractivity (Wildman–Crippen MR) is 88.1 cm³/mol. The van der Waals surface area contributed by atoms with E-state index in [1.54, 1.807) is 0 Å². The Morgan fingerprint density at radius 3 is 2.76 bits per heavy atom. The molecule has 0 saturated heterocycles. The topological polar surface area (TPSA) is 44.7 Å². The first-order chi connectivity index (χ1) is 10.1. The second kappa shape index (κ2) is 8.25. The molecule has 0 radical (unpaired) electrons. The third-order valence-corrected chi connectivity index (χ3v) is 3.98. The van der Waals surface area contributed by atoms with Crippen molar-refractivity contribution in [2.24, 2.45) is 0 Å². The second-order valence-electron chi connectivity index (χ2n) is 6.07. The van der Waals surface area contributed by atoms with Crippen molar-refractivity contribution in [2.75, 3.05) is 37.5 Å². The molecule has 0 bridgehead atoms. The molecular weight excluding hydrogens is 264 g/mol. The lowest BCUT2D eigenvalue weighted by molar-refractivity contribution is -0.0195. The number of rotatable bonds is 7. The number of hydrogen-bond donors (Lipinski definition) is 2. The van der Waals surface area contributed by atoms with Crippen LogP contribution in [0, 0.1) is 0 Å². The molecule has 1 fully saturated rings. The summed E-state index contributed by atoms with van der Waals surface area (Å²) in [5, 5.41) is 13.3. The maximum atomic E-state index is 10.0. The van der Waals surface area contributed by atoms with Gasteiger partial charge in [-0.15, -0.1) is 0 Å². The third-order valence-electron chi connectivity index (χ3n) is 3.98. The van der Waals surface area contributed by atoms with Crippen LogP contribution in [0.25, 0.3) is 0 Å². The fourth-order valence-electron chi connectivity index (χ4n) is 2.67. The monoisotopic (exact) mass is 292 g/mol. The average Bonchev–Trinajstić information content (AvgIpc) is 2.52. The Kier molecular flexibility index (Phi) is 6.33. The normalized spacial score (nSPS) is 17.5. The Labute approximate surface area is 128 Å². The Morgan fingerprint density at radius 1 is 1.29 bits per heavy atom. The van der Waals surface area contributed by atoms with Crippen LogP contribution in [-0.4, -0.2) is 44.6 Å². The summed E-state index contributed by atoms with van der Waals surface area (Å²) >= 11 is 0. The van der Waals surface area contributed by atoms with Crippen molar-refractivity contribution in [2.45, 2.75) is 44.3 Å². The zero-order valence-electron chi connectivity index (χ0n) is 13.2. The minimum absolute atomic E-state index is 0.352. The molecule has 0 heterocycles. The summed E-state index contributed by atoms with van der Waals surface area (Å²) in [4.78, 5) is 2.06. The second-order valence-corrected chi connectivity index (χ2v) is 6.07. The number of aliphatic hydroxyl groups is 1. The summed E-state index contributed by atoms with van der Waals surface area (Å²) in [5.74, 6) is 0. The molecule has 1 aromatic rings. The molecule has 2 rings (SSSR count). The molecule has 4 nitrogen and oxygen atoms in total. The van der Waals surface area contributed by atoms with Crippen LogP contribution in [0.5, 0.6) is 0 Å². The lowest BCUT2D eigenvalue weighted by atomic mass is 9.98. The van der Waals surface area contributed by atoms with Gasteiger partial charge in [-0.25, -0.2) is 0 Å². The molecule has 21 heavy (non-hydrogen) atoms. The molecule has 0 aliphatic heterocycles. The fourth-order valence-corrected chi connectivity index (χ4v) is 2.67. The number of nitrogens with one attached hydrogen (secondary N) is 1. The highest BCUT2D eigenvalue weighted by Crippen LogP contribution is 2.20. The Bertz CT molecular complexity index is 417. The molecule has 118 valence electrons. The largest absolute Gasteiger partial charge is 0.389 e. The van der Waals surface area contributed by atoms with E-state index in [4.69, 9.17) is 4.74 Å². The Balaban J connectivity index is 1.70. The van der Waals surface area contributed by atoms with E-state index >= 15 is 0 Å². The highest BCUT2D eigenvalue weighted by atomic mass is 16.5. The first kappa shape index (κ1) is 16.1. The first-order valence-corrected chi connectivity index (χ1v) is 7.96. The molecule has 1 aromatic carbocycles. The SMILES string of the molecule is CN(C)c1cccc(NCC(O)COC2CCCCC2)c1. The zero-order chi connectivity index (χ0) is 15.1. The van der Waals surface area contributed by atoms with Crippen molar-refractivity contribution in [1.82, 2.24) is 0 Å². The lowest BCUT2D eigenvalue weighted by Gasteiger charge is -2.23. The minimum Gasteiger partial charge on any atom is -0.389 e. The number of hydrogen-bond acceptors (Lipinski definition) is 4. The molecule has 1 aliphatic rings. The van der Waals surface area contributed by atoms with Crippen LogP contribution in [0.3, 0.4) is 0 Å². The van der Waals surface area contributed by atoms with Crippen molar-refractivity contribution in [3.05, 3.63) is 24.3 Å². The predicted octanol–water partition coefficient (Wildman–Crippen LogP) is 2.87. The number of aliphatic hydroxyl groups excluding tert-OH is 1. The summed E-state index contributed by atoms with van der Waals surface area (Å²) in [6.07, 6.45) is 6.02. The molecule has 1 atom stereocenters. The maximum Gasteiger partial charge on any atom is 0.0945 e. The van der Waals surface area contributed by atoms with Crippen molar-refractivity contribution >= 4 is 11.4 Å². The molecule has 1 aliphatic carbocycles. The van der Waals surface area contributed by atoms with Crippen molar-refractivity contribution in [3.63, 3.8) is 0 Å². The first-order valence-electron chi connectivity index (χ1n) is 7.96. The smallest absolute Gasteiger partial charge is 0.0945 e. The quantitative estimate of drug-likeness (QED) is 0.811. The van der Waals surface area contributed by atoms with Gasteiger partial charge in [-0.2, -0.15) is 0 Å². The van der Waals surface area contributed by atoms with Gasteiger partial charge in [0.15, 0.2) is 0 Å². The highest BCUT2D eigenvalue weighted by Gasteiger charge is 2.15. The van der Waals surface area contributed by atoms with Crippen molar-refractivity contribution < 1.29 is 9.84 Å². The average molecular weight is 292 g/mol. The zero-order valence-corrected chi connectivity index (χ0v) is 13.2. The molecule has 0 amide bonds. The van der Waals surface area contributed by atoms with Crippen LogP contribution in [0.15, 0.2) is 24.3 Å². The molecule has 1 unspecified atom stereocenters. The van der Waals surface area contributed by atoms with Crippen LogP contribution in [-0.2, 0) is 4.74 Å². The standard InChI is InChI=1S/C17H28N2O2/c1-19(2)15-8-6-7-14(11-15)18-12-16(20)13-21-17-9-4-3-5-10-17/h6-8,11,16-18,20H,3-5,9-10,12-13H2,1-2H3. The highest BCUT2D eigenvalue weighted by molar-refractivity contribution is 5.57. The summed E-state index contributed by atoms with van der Waals surface area (Å²) < 4.78 is 5.80. The van der Waals surface area contributed by atoms with Crippen LogP contribution < -0.4 is 10.2 Å². The van der Waals surface area contributed by atoms with Crippen molar-refractivity contribution in [1.29, 1.82) is 0 Å². The van der Waals surface area contributed by atoms with E-state index < -0.39 is 6.10 Å². The molecule has 1 saturated carbocycles. The molecule has 2 N–H and O–H groups in total. The van der Waals surface area contributed by atoms with Crippen LogP contribution in [0.2, 0.25) is 0 Å². The van der Waals surface area contributed by atoms with E-state index in [-0.39, 0.29) is 0 Å². The van der Waals surface area contributed by atoms with Crippen LogP contribution in [0.1, 0.15) is 32.1 Å². The minimum atomic E-state index is -0.463. The van der Waals surface area contributed by atoms with Gasteiger partial charge in [0.1, 0.15) is 0 Å². The van der Waals surface area contributed by atoms with E-state index in [0.29, 0.717) is 19.3 Å². The van der Waals surface area contributed by atoms with Crippen LogP contribution >= 0.6 is 0 Å². The lowest BCUT2D eigenvalue weighted by Crippen LogP contribution is -2.28. The third kappa shape index (κ3) is 5.56. The molecular formula is C17H28N2O2. The number of benzene rings is 1. The Morgan fingerprint density at radius 2 is 2.05 bits per heavy atom. The number of ether oxygens (including phenoxy) is 1. The molecule has 0 spiro atoms. The fraction of sp³-hybridized carbons (Fsp3) is 0.647. The Hall–Kier alpha value is -1.26. The maximum absolute atomic E-state index is 10.0. The summed E-state index contributed by atoms with van der Waals surface area (Å²) in [5.41, 5.74) is 2.17. The summed E-state index contributed by atoms with van der Waals surface area (Å²) in [6.45, 7) is 0.939. The summed E-state index contributed by atoms with van der Waals surface area (Å²) in [7, 11) is 4.04.